The summed E-state index contributed by atoms with van der Waals surface area (Å²) < 4.78 is 0. The number of hydrogen-bond donors (Lipinski definition) is 16. The number of hydrazone groups is 2. The third kappa shape index (κ3) is 28.3. The predicted octanol–water partition coefficient (Wildman–Crippen LogP) is -0.0918. The van der Waals surface area contributed by atoms with Crippen LogP contribution in [0.25, 0.3) is 0 Å². The standard InChI is InChI=1S/C52H100N18O10/c1-49(2,3)26-35(42(54)74)20-29(27-61-69-39(71)17-13-15-30(43(75)63-55)21-33(45(77)65-57)24-37(47(79)67-59)51(7,8)9)19-32(41(53)73)23-36(50(4,5)6)28-62-70-40(72)18-14-16-31(44(76)64-56)22-34(46(78)66-58)25-38(48(80)68-60)52(10,11)12/h27-38H,13-26,55-60H2,1-12H3,(H2,53,73)(H2,54,74)(H,63,75)(H,64,76)(H,65,77)(H,66,78)(H,67,79)(H,68,80)(H,69,71)(H,70,72)/b61-27+,62-28+. The lowest BCUT2D eigenvalue weighted by molar-refractivity contribution is -0.134. The van der Waals surface area contributed by atoms with Gasteiger partial charge in [-0.1, -0.05) is 83.1 Å². The number of carbonyl (C=O) groups is 10. The fraction of sp³-hybridized carbons (Fsp3) is 0.769. The van der Waals surface area contributed by atoms with Gasteiger partial charge in [-0.25, -0.2) is 45.9 Å². The molecule has 0 saturated heterocycles. The summed E-state index contributed by atoms with van der Waals surface area (Å²) in [7, 11) is 0. The molecular weight excluding hydrogens is 1040 g/mol. The van der Waals surface area contributed by atoms with Gasteiger partial charge in [0.05, 0.1) is 0 Å². The third-order valence-corrected chi connectivity index (χ3v) is 14.6. The van der Waals surface area contributed by atoms with E-state index >= 15 is 0 Å². The number of nitrogens with two attached hydrogens (primary N) is 8. The summed E-state index contributed by atoms with van der Waals surface area (Å²) in [5.74, 6) is 19.8. The lowest BCUT2D eigenvalue weighted by Gasteiger charge is -2.32. The van der Waals surface area contributed by atoms with Crippen molar-refractivity contribution in [3.63, 3.8) is 0 Å². The Morgan fingerprint density at radius 3 is 1.05 bits per heavy atom. The van der Waals surface area contributed by atoms with Crippen molar-refractivity contribution < 1.29 is 47.9 Å². The number of nitrogens with one attached hydrogen (secondary N) is 8. The maximum absolute atomic E-state index is 13.2. The van der Waals surface area contributed by atoms with E-state index in [1.54, 1.807) is 0 Å². The lowest BCUT2D eigenvalue weighted by atomic mass is 9.73. The van der Waals surface area contributed by atoms with Crippen LogP contribution in [0, 0.1) is 80.8 Å². The van der Waals surface area contributed by atoms with Crippen LogP contribution in [0.2, 0.25) is 0 Å². The van der Waals surface area contributed by atoms with Gasteiger partial charge in [-0.15, -0.1) is 0 Å². The summed E-state index contributed by atoms with van der Waals surface area (Å²) in [6, 6.07) is 0. The molecule has 10 amide bonds. The van der Waals surface area contributed by atoms with Gasteiger partial charge in [0, 0.05) is 78.5 Å². The molecule has 24 N–H and O–H groups in total. The fourth-order valence-electron chi connectivity index (χ4n) is 9.77. The number of carbonyl (C=O) groups excluding carboxylic acids is 10. The van der Waals surface area contributed by atoms with Gasteiger partial charge in [-0.05, 0) is 105 Å². The molecule has 28 nitrogen and oxygen atoms in total. The summed E-state index contributed by atoms with van der Waals surface area (Å²) in [6.07, 6.45) is 4.13. The summed E-state index contributed by atoms with van der Waals surface area (Å²) >= 11 is 0. The molecule has 28 heteroatoms. The van der Waals surface area contributed by atoms with Crippen LogP contribution in [0.5, 0.6) is 0 Å². The second-order valence-corrected chi connectivity index (χ2v) is 25.4. The Labute approximate surface area is 472 Å². The first-order valence-electron chi connectivity index (χ1n) is 27.2. The van der Waals surface area contributed by atoms with E-state index in [4.69, 9.17) is 46.5 Å². The van der Waals surface area contributed by atoms with E-state index in [0.29, 0.717) is 6.42 Å². The molecule has 0 aliphatic carbocycles. The van der Waals surface area contributed by atoms with Crippen molar-refractivity contribution in [1.29, 1.82) is 0 Å². The number of rotatable bonds is 35. The SMILES string of the molecule is CC(C)(C)CC(CC(/C=N/NC(=O)CCCC(CC(CC(C(=O)NN)C(C)(C)C)C(=O)NN)C(=O)NN)CC(CC(/C=N/NC(=O)CCCC(CC(CC(C(=O)NN)C(C)(C)C)C(=O)NN)C(=O)NN)C(C)(C)C)C(N)=O)C(N)=O. The highest BCUT2D eigenvalue weighted by atomic mass is 16.2. The molecule has 10 atom stereocenters. The van der Waals surface area contributed by atoms with Gasteiger partial charge in [0.15, 0.2) is 0 Å². The van der Waals surface area contributed by atoms with Gasteiger partial charge >= 0.3 is 0 Å². The summed E-state index contributed by atoms with van der Waals surface area (Å²) in [6.45, 7) is 22.5. The molecule has 0 radical (unpaired) electrons. The van der Waals surface area contributed by atoms with Crippen LogP contribution in [0.15, 0.2) is 10.2 Å². The molecule has 0 saturated carbocycles. The Balaban J connectivity index is 6.37. The van der Waals surface area contributed by atoms with Crippen LogP contribution in [0.4, 0.5) is 0 Å². The van der Waals surface area contributed by atoms with E-state index in [1.165, 1.54) is 12.4 Å². The van der Waals surface area contributed by atoms with Gasteiger partial charge in [-0.2, -0.15) is 10.2 Å². The minimum atomic E-state index is -0.900. The minimum Gasteiger partial charge on any atom is -0.369 e. The maximum Gasteiger partial charge on any atom is 0.240 e. The molecule has 0 fully saturated rings. The van der Waals surface area contributed by atoms with E-state index in [9.17, 15) is 47.9 Å². The average Bonchev–Trinajstić information content (AvgIpc) is 3.35. The van der Waals surface area contributed by atoms with Crippen molar-refractivity contribution in [2.24, 2.45) is 138 Å². The predicted molar refractivity (Wildman–Crippen MR) is 303 cm³/mol. The lowest BCUT2D eigenvalue weighted by Crippen LogP contribution is -2.46. The fourth-order valence-corrected chi connectivity index (χ4v) is 9.77. The second kappa shape index (κ2) is 34.8. The summed E-state index contributed by atoms with van der Waals surface area (Å²) in [5, 5.41) is 8.45. The number of primary amides is 2. The van der Waals surface area contributed by atoms with Crippen LogP contribution in [0.1, 0.15) is 173 Å². The van der Waals surface area contributed by atoms with Gasteiger partial charge in [-0.3, -0.25) is 80.5 Å². The van der Waals surface area contributed by atoms with Gasteiger partial charge in [0.2, 0.25) is 59.1 Å². The highest BCUT2D eigenvalue weighted by Gasteiger charge is 2.39. The van der Waals surface area contributed by atoms with Crippen molar-refractivity contribution in [2.45, 2.75) is 173 Å². The molecule has 0 rings (SSSR count). The van der Waals surface area contributed by atoms with Gasteiger partial charge in [0.25, 0.3) is 0 Å². The molecule has 0 aliphatic rings. The molecule has 10 unspecified atom stereocenters. The third-order valence-electron chi connectivity index (χ3n) is 14.6. The molecule has 0 aromatic carbocycles. The van der Waals surface area contributed by atoms with Gasteiger partial charge < -0.3 is 11.5 Å². The molecule has 0 bridgehead atoms. The van der Waals surface area contributed by atoms with Crippen LogP contribution < -0.4 is 89.9 Å². The van der Waals surface area contributed by atoms with Gasteiger partial charge in [0.1, 0.15) is 0 Å². The molecule has 0 heterocycles. The zero-order chi connectivity index (χ0) is 61.9. The first-order valence-corrected chi connectivity index (χ1v) is 27.2. The summed E-state index contributed by atoms with van der Waals surface area (Å²) in [5.41, 5.74) is 27.6. The van der Waals surface area contributed by atoms with E-state index in [0.717, 1.165) is 0 Å². The Morgan fingerprint density at radius 1 is 0.400 bits per heavy atom. The Kier molecular flexibility index (Phi) is 32.1. The minimum absolute atomic E-state index is 0.0121. The monoisotopic (exact) mass is 1140 g/mol. The molecule has 0 aliphatic heterocycles. The van der Waals surface area contributed by atoms with E-state index in [-0.39, 0.29) is 88.9 Å². The first-order chi connectivity index (χ1) is 36.9. The largest absolute Gasteiger partial charge is 0.369 e. The Hall–Kier alpha value is -6.20. The zero-order valence-corrected chi connectivity index (χ0v) is 49.4. The normalized spacial score (nSPS) is 16.1. The highest BCUT2D eigenvalue weighted by molar-refractivity contribution is 5.85. The first kappa shape index (κ1) is 73.8. The molecule has 0 aromatic heterocycles. The number of hydrogen-bond acceptors (Lipinski definition) is 18. The zero-order valence-electron chi connectivity index (χ0n) is 49.4. The molecule has 0 spiro atoms. The molecule has 458 valence electrons. The smallest absolute Gasteiger partial charge is 0.240 e. The quantitative estimate of drug-likeness (QED) is 0.0171. The van der Waals surface area contributed by atoms with E-state index < -0.39 is 134 Å². The number of amides is 10. The topological polar surface area (TPSA) is 500 Å². The van der Waals surface area contributed by atoms with E-state index in [1.807, 2.05) is 83.1 Å². The van der Waals surface area contributed by atoms with Crippen LogP contribution in [0.3, 0.4) is 0 Å². The van der Waals surface area contributed by atoms with Crippen molar-refractivity contribution in [2.75, 3.05) is 0 Å². The van der Waals surface area contributed by atoms with E-state index in [2.05, 4.69) is 53.6 Å². The van der Waals surface area contributed by atoms with Crippen molar-refractivity contribution >= 4 is 71.5 Å². The number of nitrogens with zero attached hydrogens (tertiary/aromatic N) is 2. The van der Waals surface area contributed by atoms with Crippen LogP contribution in [-0.4, -0.2) is 71.5 Å². The van der Waals surface area contributed by atoms with Crippen LogP contribution in [-0.2, 0) is 47.9 Å². The Morgan fingerprint density at radius 2 is 0.738 bits per heavy atom. The number of hydrazine groups is 6. The average molecular weight is 1140 g/mol. The van der Waals surface area contributed by atoms with Crippen molar-refractivity contribution in [3.05, 3.63) is 0 Å². The summed E-state index contributed by atoms with van der Waals surface area (Å²) in [4.78, 5) is 129. The maximum atomic E-state index is 13.2. The van der Waals surface area contributed by atoms with Crippen molar-refractivity contribution in [1.82, 2.24) is 43.4 Å². The molecular formula is C52H100N18O10. The second-order valence-electron chi connectivity index (χ2n) is 25.4. The molecule has 0 aromatic rings. The van der Waals surface area contributed by atoms with Crippen molar-refractivity contribution in [3.8, 4) is 0 Å². The Bertz CT molecular complexity index is 2110. The highest BCUT2D eigenvalue weighted by Crippen LogP contribution is 2.37. The molecule has 80 heavy (non-hydrogen) atoms. The van der Waals surface area contributed by atoms with Crippen LogP contribution >= 0.6 is 0 Å².